The minimum absolute atomic E-state index is 0.485. The highest BCUT2D eigenvalue weighted by Crippen LogP contribution is 2.30. The molecule has 0 radical (unpaired) electrons. The van der Waals surface area contributed by atoms with Gasteiger partial charge in [0.25, 0.3) is 0 Å². The maximum absolute atomic E-state index is 12.3. The SMILES string of the molecule is Cc1ccc2c(Br)cn(C(=O)OC(C)(C)C)c2c1C#N. The quantitative estimate of drug-likeness (QED) is 0.718. The molecule has 20 heavy (non-hydrogen) atoms. The molecule has 4 nitrogen and oxygen atoms in total. The summed E-state index contributed by atoms with van der Waals surface area (Å²) in [5.74, 6) is 0. The summed E-state index contributed by atoms with van der Waals surface area (Å²) in [5, 5.41) is 10.2. The molecule has 1 aromatic carbocycles. The molecule has 0 fully saturated rings. The summed E-state index contributed by atoms with van der Waals surface area (Å²) < 4.78 is 7.52. The number of benzene rings is 1. The molecule has 0 saturated heterocycles. The third-order valence-electron chi connectivity index (χ3n) is 2.83. The molecule has 0 amide bonds. The lowest BCUT2D eigenvalue weighted by molar-refractivity contribution is 0.0544. The number of carbonyl (C=O) groups is 1. The van der Waals surface area contributed by atoms with E-state index in [1.807, 2.05) is 39.8 Å². The predicted octanol–water partition coefficient (Wildman–Crippen LogP) is 4.37. The normalized spacial score (nSPS) is 11.4. The maximum Gasteiger partial charge on any atom is 0.419 e. The van der Waals surface area contributed by atoms with E-state index in [1.165, 1.54) is 4.57 Å². The van der Waals surface area contributed by atoms with Gasteiger partial charge in [-0.15, -0.1) is 0 Å². The Labute approximate surface area is 126 Å². The van der Waals surface area contributed by atoms with Gasteiger partial charge in [-0.2, -0.15) is 5.26 Å². The van der Waals surface area contributed by atoms with Crippen LogP contribution in [0.4, 0.5) is 4.79 Å². The minimum Gasteiger partial charge on any atom is -0.443 e. The second-order valence-electron chi connectivity index (χ2n) is 5.59. The molecule has 5 heteroatoms. The van der Waals surface area contributed by atoms with Crippen LogP contribution < -0.4 is 0 Å². The van der Waals surface area contributed by atoms with Crippen LogP contribution in [0.3, 0.4) is 0 Å². The Morgan fingerprint density at radius 3 is 2.60 bits per heavy atom. The van der Waals surface area contributed by atoms with Crippen molar-refractivity contribution in [3.63, 3.8) is 0 Å². The van der Waals surface area contributed by atoms with Gasteiger partial charge >= 0.3 is 6.09 Å². The van der Waals surface area contributed by atoms with Gasteiger partial charge in [0.15, 0.2) is 0 Å². The van der Waals surface area contributed by atoms with Gasteiger partial charge in [-0.1, -0.05) is 12.1 Å². The van der Waals surface area contributed by atoms with Crippen LogP contribution in [0.25, 0.3) is 10.9 Å². The molecule has 0 aliphatic rings. The summed E-state index contributed by atoms with van der Waals surface area (Å²) in [6.45, 7) is 7.27. The van der Waals surface area contributed by atoms with Crippen LogP contribution in [0.15, 0.2) is 22.8 Å². The Morgan fingerprint density at radius 1 is 1.40 bits per heavy atom. The van der Waals surface area contributed by atoms with Crippen LogP contribution in [0.1, 0.15) is 31.9 Å². The van der Waals surface area contributed by atoms with E-state index >= 15 is 0 Å². The van der Waals surface area contributed by atoms with Crippen LogP contribution in [-0.4, -0.2) is 16.3 Å². The van der Waals surface area contributed by atoms with Crippen LogP contribution in [0.5, 0.6) is 0 Å². The Balaban J connectivity index is 2.69. The van der Waals surface area contributed by atoms with E-state index in [0.717, 1.165) is 15.4 Å². The number of rotatable bonds is 0. The Kier molecular flexibility index (Phi) is 3.61. The number of ether oxygens (including phenoxy) is 1. The molecule has 0 unspecified atom stereocenters. The summed E-state index contributed by atoms with van der Waals surface area (Å²) in [6, 6.07) is 5.91. The van der Waals surface area contributed by atoms with Gasteiger partial charge in [0, 0.05) is 16.1 Å². The van der Waals surface area contributed by atoms with E-state index in [2.05, 4.69) is 22.0 Å². The fourth-order valence-corrected chi connectivity index (χ4v) is 2.50. The molecule has 0 N–H and O–H groups in total. The van der Waals surface area contributed by atoms with Crippen molar-refractivity contribution in [1.82, 2.24) is 4.57 Å². The van der Waals surface area contributed by atoms with E-state index in [9.17, 15) is 10.1 Å². The first-order valence-electron chi connectivity index (χ1n) is 6.18. The van der Waals surface area contributed by atoms with Crippen molar-refractivity contribution < 1.29 is 9.53 Å². The number of fused-ring (bicyclic) bond motifs is 1. The minimum atomic E-state index is -0.587. The molecular weight excluding hydrogens is 320 g/mol. The van der Waals surface area contributed by atoms with Crippen molar-refractivity contribution >= 4 is 32.9 Å². The van der Waals surface area contributed by atoms with Gasteiger partial charge in [-0.25, -0.2) is 4.79 Å². The molecule has 104 valence electrons. The molecule has 0 aliphatic carbocycles. The summed E-state index contributed by atoms with van der Waals surface area (Å²) in [6.07, 6.45) is 1.15. The Morgan fingerprint density at radius 2 is 2.05 bits per heavy atom. The van der Waals surface area contributed by atoms with Gasteiger partial charge in [0.1, 0.15) is 11.7 Å². The number of aryl methyl sites for hydroxylation is 1. The highest BCUT2D eigenvalue weighted by atomic mass is 79.9. The summed E-state index contributed by atoms with van der Waals surface area (Å²) in [7, 11) is 0. The fourth-order valence-electron chi connectivity index (χ4n) is 1.98. The number of halogens is 1. The topological polar surface area (TPSA) is 55.0 Å². The largest absolute Gasteiger partial charge is 0.443 e. The van der Waals surface area contributed by atoms with Crippen LogP contribution in [0.2, 0.25) is 0 Å². The number of nitriles is 1. The number of nitrogens with zero attached hydrogens (tertiary/aromatic N) is 2. The first kappa shape index (κ1) is 14.6. The van der Waals surface area contributed by atoms with Gasteiger partial charge in [-0.05, 0) is 49.2 Å². The average molecular weight is 335 g/mol. The lowest BCUT2D eigenvalue weighted by Gasteiger charge is -2.20. The Hall–Kier alpha value is -1.80. The van der Waals surface area contributed by atoms with Crippen molar-refractivity contribution in [2.24, 2.45) is 0 Å². The summed E-state index contributed by atoms with van der Waals surface area (Å²) in [4.78, 5) is 12.3. The lowest BCUT2D eigenvalue weighted by Crippen LogP contribution is -2.26. The van der Waals surface area contributed by atoms with Crippen molar-refractivity contribution in [3.05, 3.63) is 33.9 Å². The molecule has 1 heterocycles. The van der Waals surface area contributed by atoms with Crippen molar-refractivity contribution in [3.8, 4) is 6.07 Å². The van der Waals surface area contributed by atoms with Gasteiger partial charge < -0.3 is 4.74 Å². The van der Waals surface area contributed by atoms with Crippen molar-refractivity contribution in [2.75, 3.05) is 0 Å². The lowest BCUT2D eigenvalue weighted by atomic mass is 10.1. The van der Waals surface area contributed by atoms with Crippen LogP contribution >= 0.6 is 15.9 Å². The molecular formula is C15H15BrN2O2. The van der Waals surface area contributed by atoms with E-state index in [4.69, 9.17) is 4.74 Å². The first-order valence-corrected chi connectivity index (χ1v) is 6.97. The second-order valence-corrected chi connectivity index (χ2v) is 6.45. The van der Waals surface area contributed by atoms with E-state index in [1.54, 1.807) is 6.20 Å². The zero-order chi connectivity index (χ0) is 15.1. The summed E-state index contributed by atoms with van der Waals surface area (Å²) >= 11 is 3.42. The monoisotopic (exact) mass is 334 g/mol. The molecule has 0 spiro atoms. The van der Waals surface area contributed by atoms with Gasteiger partial charge in [-0.3, -0.25) is 4.57 Å². The van der Waals surface area contributed by atoms with E-state index in [0.29, 0.717) is 11.1 Å². The maximum atomic E-state index is 12.3. The zero-order valence-corrected chi connectivity index (χ0v) is 13.4. The molecule has 0 atom stereocenters. The van der Waals surface area contributed by atoms with Crippen LogP contribution in [-0.2, 0) is 4.74 Å². The van der Waals surface area contributed by atoms with E-state index < -0.39 is 11.7 Å². The number of hydrogen-bond donors (Lipinski definition) is 0. The molecule has 0 aliphatic heterocycles. The molecule has 1 aromatic heterocycles. The Bertz CT molecular complexity index is 733. The molecule has 2 rings (SSSR count). The zero-order valence-electron chi connectivity index (χ0n) is 11.8. The van der Waals surface area contributed by atoms with Gasteiger partial charge in [0.05, 0.1) is 11.1 Å². The smallest absolute Gasteiger partial charge is 0.419 e. The number of carbonyl (C=O) groups excluding carboxylic acids is 1. The molecule has 0 bridgehead atoms. The third kappa shape index (κ3) is 2.56. The van der Waals surface area contributed by atoms with Crippen molar-refractivity contribution in [2.45, 2.75) is 33.3 Å². The fraction of sp³-hybridized carbons (Fsp3) is 0.333. The molecule has 2 aromatic rings. The highest BCUT2D eigenvalue weighted by molar-refractivity contribution is 9.10. The first-order chi connectivity index (χ1) is 9.24. The summed E-state index contributed by atoms with van der Waals surface area (Å²) in [5.41, 5.74) is 1.31. The van der Waals surface area contributed by atoms with Gasteiger partial charge in [0.2, 0.25) is 0 Å². The predicted molar refractivity (Wildman–Crippen MR) is 80.7 cm³/mol. The standard InChI is InChI=1S/C15H15BrN2O2/c1-9-5-6-10-12(16)8-18(13(10)11(9)7-17)14(19)20-15(2,3)4/h5-6,8H,1-4H3. The third-order valence-corrected chi connectivity index (χ3v) is 3.46. The second kappa shape index (κ2) is 4.95. The van der Waals surface area contributed by atoms with Crippen molar-refractivity contribution in [1.29, 1.82) is 5.26 Å². The van der Waals surface area contributed by atoms with Crippen LogP contribution in [0, 0.1) is 18.3 Å². The highest BCUT2D eigenvalue weighted by Gasteiger charge is 2.22. The molecule has 0 saturated carbocycles. The number of hydrogen-bond acceptors (Lipinski definition) is 3. The van der Waals surface area contributed by atoms with E-state index in [-0.39, 0.29) is 0 Å². The average Bonchev–Trinajstić information content (AvgIpc) is 2.65. The number of aromatic nitrogens is 1.